The van der Waals surface area contributed by atoms with Crippen molar-refractivity contribution in [2.45, 2.75) is 12.6 Å². The van der Waals surface area contributed by atoms with Gasteiger partial charge in [0.1, 0.15) is 17.5 Å². The molecule has 0 spiro atoms. The third-order valence-corrected chi connectivity index (χ3v) is 5.86. The number of rotatable bonds is 9. The normalized spacial score (nSPS) is 15.1. The van der Waals surface area contributed by atoms with Gasteiger partial charge in [0, 0.05) is 44.5 Å². The number of hydrogen-bond acceptors (Lipinski definition) is 8. The number of methoxy groups -OCH3 is 3. The Balaban J connectivity index is 0.00000306. The fourth-order valence-electron chi connectivity index (χ4n) is 4.17. The minimum absolute atomic E-state index is 0. The Bertz CT molecular complexity index is 992. The topological polar surface area (TPSA) is 77.8 Å². The van der Waals surface area contributed by atoms with Gasteiger partial charge < -0.3 is 19.1 Å². The molecule has 3 aromatic rings. The highest BCUT2D eigenvalue weighted by Crippen LogP contribution is 2.34. The summed E-state index contributed by atoms with van der Waals surface area (Å²) >= 11 is 0. The number of piperazine rings is 1. The van der Waals surface area contributed by atoms with Crippen LogP contribution in [0.5, 0.6) is 11.5 Å². The zero-order chi connectivity index (χ0) is 22.3. The monoisotopic (exact) mass is 474 g/mol. The van der Waals surface area contributed by atoms with Crippen LogP contribution >= 0.6 is 12.4 Å². The van der Waals surface area contributed by atoms with Crippen LogP contribution in [-0.2, 0) is 11.3 Å². The molecule has 2 aromatic carbocycles. The second kappa shape index (κ2) is 11.8. The minimum atomic E-state index is -0.115. The van der Waals surface area contributed by atoms with E-state index in [1.807, 2.05) is 35.0 Å². The van der Waals surface area contributed by atoms with Gasteiger partial charge in [-0.1, -0.05) is 18.2 Å². The lowest BCUT2D eigenvalue weighted by molar-refractivity contribution is 0.171. The number of anilines is 1. The standard InChI is InChI=1S/C23H30N6O3.ClH/c1-30-17-16-29-23(24-25-26-29)22(20-6-4-5-7-21(20)32-3)28-14-12-27(13-15-28)18-8-10-19(31-2)11-9-18;/h4-11,22H,12-17H2,1-3H3;1H. The van der Waals surface area contributed by atoms with Crippen LogP contribution in [0.1, 0.15) is 17.4 Å². The summed E-state index contributed by atoms with van der Waals surface area (Å²) in [5.74, 6) is 2.49. The average molecular weight is 475 g/mol. The molecule has 1 aliphatic heterocycles. The second-order valence-electron chi connectivity index (χ2n) is 7.62. The predicted molar refractivity (Wildman–Crippen MR) is 129 cm³/mol. The Morgan fingerprint density at radius 1 is 0.909 bits per heavy atom. The van der Waals surface area contributed by atoms with E-state index in [4.69, 9.17) is 14.2 Å². The molecule has 1 saturated heterocycles. The van der Waals surface area contributed by atoms with Crippen LogP contribution in [0.2, 0.25) is 0 Å². The highest BCUT2D eigenvalue weighted by Gasteiger charge is 2.32. The molecule has 0 aliphatic carbocycles. The highest BCUT2D eigenvalue weighted by molar-refractivity contribution is 5.85. The van der Waals surface area contributed by atoms with E-state index >= 15 is 0 Å². The molecule has 10 heteroatoms. The molecule has 2 heterocycles. The average Bonchev–Trinajstić information content (AvgIpc) is 3.31. The van der Waals surface area contributed by atoms with Gasteiger partial charge in [-0.2, -0.15) is 0 Å². The number of ether oxygens (including phenoxy) is 3. The summed E-state index contributed by atoms with van der Waals surface area (Å²) < 4.78 is 18.1. The molecule has 0 N–H and O–H groups in total. The molecule has 1 unspecified atom stereocenters. The van der Waals surface area contributed by atoms with Crippen LogP contribution < -0.4 is 14.4 Å². The molecule has 1 aliphatic rings. The van der Waals surface area contributed by atoms with Crippen molar-refractivity contribution in [3.05, 3.63) is 59.9 Å². The van der Waals surface area contributed by atoms with Gasteiger partial charge in [0.2, 0.25) is 0 Å². The summed E-state index contributed by atoms with van der Waals surface area (Å²) in [6.07, 6.45) is 0. The molecule has 0 bridgehead atoms. The predicted octanol–water partition coefficient (Wildman–Crippen LogP) is 2.67. The van der Waals surface area contributed by atoms with Crippen LogP contribution in [0.25, 0.3) is 0 Å². The largest absolute Gasteiger partial charge is 0.497 e. The SMILES string of the molecule is COCCn1nnnc1C(c1ccccc1OC)N1CCN(c2ccc(OC)cc2)CC1.Cl. The summed E-state index contributed by atoms with van der Waals surface area (Å²) in [5.41, 5.74) is 2.26. The lowest BCUT2D eigenvalue weighted by Crippen LogP contribution is -2.48. The second-order valence-corrected chi connectivity index (χ2v) is 7.62. The minimum Gasteiger partial charge on any atom is -0.497 e. The Hall–Kier alpha value is -2.88. The zero-order valence-electron chi connectivity index (χ0n) is 19.3. The Morgan fingerprint density at radius 2 is 1.64 bits per heavy atom. The zero-order valence-corrected chi connectivity index (χ0v) is 20.1. The van der Waals surface area contributed by atoms with Crippen molar-refractivity contribution in [3.8, 4) is 11.5 Å². The van der Waals surface area contributed by atoms with E-state index < -0.39 is 0 Å². The Morgan fingerprint density at radius 3 is 2.30 bits per heavy atom. The first-order valence-corrected chi connectivity index (χ1v) is 10.8. The van der Waals surface area contributed by atoms with Gasteiger partial charge in [0.15, 0.2) is 5.82 Å². The number of benzene rings is 2. The Kier molecular flexibility index (Phi) is 8.87. The lowest BCUT2D eigenvalue weighted by Gasteiger charge is -2.40. The molecule has 1 atom stereocenters. The van der Waals surface area contributed by atoms with Crippen molar-refractivity contribution in [2.75, 3.05) is 59.0 Å². The highest BCUT2D eigenvalue weighted by atomic mass is 35.5. The number of halogens is 1. The van der Waals surface area contributed by atoms with Crippen LogP contribution in [0.3, 0.4) is 0 Å². The number of tetrazole rings is 1. The third-order valence-electron chi connectivity index (χ3n) is 5.86. The summed E-state index contributed by atoms with van der Waals surface area (Å²) in [7, 11) is 5.07. The summed E-state index contributed by atoms with van der Waals surface area (Å²) in [6, 6.07) is 16.2. The van der Waals surface area contributed by atoms with Crippen molar-refractivity contribution in [1.82, 2.24) is 25.1 Å². The summed E-state index contributed by atoms with van der Waals surface area (Å²) in [4.78, 5) is 4.82. The maximum atomic E-state index is 5.70. The van der Waals surface area contributed by atoms with Crippen molar-refractivity contribution < 1.29 is 14.2 Å². The molecule has 4 rings (SSSR count). The summed E-state index contributed by atoms with van der Waals surface area (Å²) in [5, 5.41) is 12.6. The van der Waals surface area contributed by atoms with Crippen molar-refractivity contribution in [2.24, 2.45) is 0 Å². The molecular weight excluding hydrogens is 444 g/mol. The number of nitrogens with zero attached hydrogens (tertiary/aromatic N) is 6. The fourth-order valence-corrected chi connectivity index (χ4v) is 4.17. The van der Waals surface area contributed by atoms with Gasteiger partial charge in [-0.3, -0.25) is 4.90 Å². The van der Waals surface area contributed by atoms with E-state index in [9.17, 15) is 0 Å². The van der Waals surface area contributed by atoms with Crippen LogP contribution in [-0.4, -0.2) is 79.2 Å². The van der Waals surface area contributed by atoms with Crippen molar-refractivity contribution >= 4 is 18.1 Å². The van der Waals surface area contributed by atoms with Gasteiger partial charge in [-0.25, -0.2) is 4.68 Å². The van der Waals surface area contributed by atoms with Crippen LogP contribution in [0.15, 0.2) is 48.5 Å². The molecule has 33 heavy (non-hydrogen) atoms. The first kappa shape index (κ1) is 24.8. The van der Waals surface area contributed by atoms with E-state index in [0.717, 1.165) is 49.1 Å². The third kappa shape index (κ3) is 5.55. The molecule has 0 radical (unpaired) electrons. The number of hydrogen-bond donors (Lipinski definition) is 0. The molecule has 1 aromatic heterocycles. The van der Waals surface area contributed by atoms with Gasteiger partial charge >= 0.3 is 0 Å². The van der Waals surface area contributed by atoms with Gasteiger partial charge in [0.05, 0.1) is 27.4 Å². The molecule has 0 saturated carbocycles. The first-order valence-electron chi connectivity index (χ1n) is 10.8. The quantitative estimate of drug-likeness (QED) is 0.468. The van der Waals surface area contributed by atoms with E-state index in [-0.39, 0.29) is 18.4 Å². The lowest BCUT2D eigenvalue weighted by atomic mass is 10.0. The Labute approximate surface area is 200 Å². The smallest absolute Gasteiger partial charge is 0.173 e. The number of para-hydroxylation sites is 1. The first-order chi connectivity index (χ1) is 15.7. The van der Waals surface area contributed by atoms with E-state index in [0.29, 0.717) is 13.2 Å². The van der Waals surface area contributed by atoms with Gasteiger partial charge in [0.25, 0.3) is 0 Å². The van der Waals surface area contributed by atoms with Gasteiger partial charge in [-0.15, -0.1) is 17.5 Å². The van der Waals surface area contributed by atoms with Crippen molar-refractivity contribution in [1.29, 1.82) is 0 Å². The van der Waals surface area contributed by atoms with E-state index in [1.165, 1.54) is 5.69 Å². The molecule has 0 amide bonds. The molecular formula is C23H31ClN6O3. The van der Waals surface area contributed by atoms with Gasteiger partial charge in [-0.05, 0) is 40.8 Å². The maximum absolute atomic E-state index is 5.70. The van der Waals surface area contributed by atoms with Crippen molar-refractivity contribution in [3.63, 3.8) is 0 Å². The fraction of sp³-hybridized carbons (Fsp3) is 0.435. The maximum Gasteiger partial charge on any atom is 0.173 e. The molecule has 1 fully saturated rings. The number of aromatic nitrogens is 4. The van der Waals surface area contributed by atoms with Crippen LogP contribution in [0, 0.1) is 0 Å². The van der Waals surface area contributed by atoms with E-state index in [1.54, 1.807) is 21.3 Å². The summed E-state index contributed by atoms with van der Waals surface area (Å²) in [6.45, 7) is 4.67. The molecule has 9 nitrogen and oxygen atoms in total. The molecule has 178 valence electrons. The van der Waals surface area contributed by atoms with E-state index in [2.05, 4.69) is 43.5 Å². The van der Waals surface area contributed by atoms with Crippen LogP contribution in [0.4, 0.5) is 5.69 Å².